The van der Waals surface area contributed by atoms with Crippen LogP contribution < -0.4 is 4.74 Å². The number of carbonyl (C=O) groups is 1. The number of rotatable bonds is 7. The summed E-state index contributed by atoms with van der Waals surface area (Å²) in [6, 6.07) is 14.5. The topological polar surface area (TPSA) is 107 Å². The molecule has 1 aliphatic rings. The van der Waals surface area contributed by atoms with E-state index in [1.54, 1.807) is 44.0 Å². The van der Waals surface area contributed by atoms with E-state index in [2.05, 4.69) is 20.3 Å². The Labute approximate surface area is 193 Å². The van der Waals surface area contributed by atoms with Gasteiger partial charge in [-0.15, -0.1) is 10.2 Å². The molecule has 1 amide bonds. The normalized spacial score (nSPS) is 15.5. The molecule has 0 radical (unpaired) electrons. The van der Waals surface area contributed by atoms with Gasteiger partial charge in [-0.3, -0.25) is 9.78 Å². The van der Waals surface area contributed by atoms with Crippen LogP contribution >= 0.6 is 11.8 Å². The van der Waals surface area contributed by atoms with Crippen LogP contribution in [0.3, 0.4) is 0 Å². The number of furan rings is 1. The van der Waals surface area contributed by atoms with Crippen LogP contribution in [-0.2, 0) is 4.79 Å². The first-order valence-corrected chi connectivity index (χ1v) is 11.1. The van der Waals surface area contributed by atoms with Crippen molar-refractivity contribution in [3.8, 4) is 17.2 Å². The second kappa shape index (κ2) is 9.29. The molecule has 0 spiro atoms. The molecule has 1 aliphatic heterocycles. The van der Waals surface area contributed by atoms with Crippen molar-refractivity contribution in [1.29, 1.82) is 0 Å². The molecule has 0 aliphatic carbocycles. The second-order valence-corrected chi connectivity index (χ2v) is 8.07. The number of aromatic nitrogens is 3. The Bertz CT molecular complexity index is 1260. The summed E-state index contributed by atoms with van der Waals surface area (Å²) >= 11 is 1.17. The first-order chi connectivity index (χ1) is 16.2. The number of nitrogens with zero attached hydrogens (tertiary/aromatic N) is 5. The number of hydrogen-bond donors (Lipinski definition) is 0. The molecule has 0 saturated carbocycles. The number of benzene rings is 1. The van der Waals surface area contributed by atoms with Crippen LogP contribution in [0.2, 0.25) is 0 Å². The van der Waals surface area contributed by atoms with Crippen molar-refractivity contribution in [2.75, 3.05) is 12.9 Å². The molecule has 3 aromatic heterocycles. The Hall–Kier alpha value is -3.92. The molecule has 1 atom stereocenters. The van der Waals surface area contributed by atoms with Gasteiger partial charge < -0.3 is 13.6 Å². The van der Waals surface area contributed by atoms with Gasteiger partial charge in [0.05, 0.1) is 24.8 Å². The highest BCUT2D eigenvalue weighted by molar-refractivity contribution is 7.99. The number of hydrazone groups is 1. The Balaban J connectivity index is 1.32. The molecule has 1 aromatic carbocycles. The lowest BCUT2D eigenvalue weighted by Crippen LogP contribution is -2.28. The zero-order chi connectivity index (χ0) is 22.6. The predicted molar refractivity (Wildman–Crippen MR) is 121 cm³/mol. The number of carbonyl (C=O) groups excluding carboxylic acids is 1. The Morgan fingerprint density at radius 2 is 1.94 bits per heavy atom. The summed E-state index contributed by atoms with van der Waals surface area (Å²) in [5, 5.41) is 14.5. The number of amides is 1. The maximum absolute atomic E-state index is 13.1. The van der Waals surface area contributed by atoms with E-state index >= 15 is 0 Å². The van der Waals surface area contributed by atoms with E-state index in [1.807, 2.05) is 30.3 Å². The van der Waals surface area contributed by atoms with Gasteiger partial charge in [-0.2, -0.15) is 5.10 Å². The highest BCUT2D eigenvalue weighted by atomic mass is 32.2. The van der Waals surface area contributed by atoms with Crippen molar-refractivity contribution in [2.45, 2.75) is 17.7 Å². The molecular weight excluding hydrogens is 442 g/mol. The highest BCUT2D eigenvalue weighted by Crippen LogP contribution is 2.34. The van der Waals surface area contributed by atoms with Gasteiger partial charge in [0.1, 0.15) is 17.6 Å². The van der Waals surface area contributed by atoms with Crippen molar-refractivity contribution in [2.24, 2.45) is 5.10 Å². The maximum Gasteiger partial charge on any atom is 0.277 e. The van der Waals surface area contributed by atoms with E-state index in [-0.39, 0.29) is 17.7 Å². The monoisotopic (exact) mass is 461 g/mol. The van der Waals surface area contributed by atoms with E-state index < -0.39 is 0 Å². The van der Waals surface area contributed by atoms with Crippen LogP contribution in [0.15, 0.2) is 86.3 Å². The van der Waals surface area contributed by atoms with E-state index in [0.29, 0.717) is 23.3 Å². The quantitative estimate of drug-likeness (QED) is 0.377. The first kappa shape index (κ1) is 21.0. The van der Waals surface area contributed by atoms with Crippen LogP contribution in [0.4, 0.5) is 0 Å². The lowest BCUT2D eigenvalue weighted by atomic mass is 10.0. The molecule has 0 fully saturated rings. The van der Waals surface area contributed by atoms with Gasteiger partial charge in [-0.1, -0.05) is 11.8 Å². The number of hydrogen-bond acceptors (Lipinski definition) is 9. The molecule has 5 rings (SSSR count). The summed E-state index contributed by atoms with van der Waals surface area (Å²) in [5.41, 5.74) is 2.49. The van der Waals surface area contributed by atoms with Gasteiger partial charge in [0.2, 0.25) is 5.89 Å². The largest absolute Gasteiger partial charge is 0.497 e. The number of methoxy groups -OCH3 is 1. The van der Waals surface area contributed by atoms with Crippen molar-refractivity contribution < 1.29 is 18.4 Å². The average Bonchev–Trinajstić information content (AvgIpc) is 3.64. The van der Waals surface area contributed by atoms with Crippen LogP contribution in [-0.4, -0.2) is 44.7 Å². The minimum Gasteiger partial charge on any atom is -0.497 e. The lowest BCUT2D eigenvalue weighted by molar-refractivity contribution is -0.130. The zero-order valence-corrected chi connectivity index (χ0v) is 18.4. The molecule has 4 heterocycles. The van der Waals surface area contributed by atoms with Crippen LogP contribution in [0, 0.1) is 0 Å². The smallest absolute Gasteiger partial charge is 0.277 e. The summed E-state index contributed by atoms with van der Waals surface area (Å²) in [6.45, 7) is 0. The van der Waals surface area contributed by atoms with Gasteiger partial charge in [-0.25, -0.2) is 5.01 Å². The average molecular weight is 462 g/mol. The molecule has 0 N–H and O–H groups in total. The van der Waals surface area contributed by atoms with E-state index in [1.165, 1.54) is 16.8 Å². The third-order valence-electron chi connectivity index (χ3n) is 5.11. The minimum atomic E-state index is -0.319. The van der Waals surface area contributed by atoms with Gasteiger partial charge in [0.15, 0.2) is 0 Å². The van der Waals surface area contributed by atoms with Crippen LogP contribution in [0.1, 0.15) is 23.8 Å². The minimum absolute atomic E-state index is 0.0918. The lowest BCUT2D eigenvalue weighted by Gasteiger charge is -2.19. The van der Waals surface area contributed by atoms with Crippen LogP contribution in [0.5, 0.6) is 5.75 Å². The predicted octanol–water partition coefficient (Wildman–Crippen LogP) is 4.20. The van der Waals surface area contributed by atoms with Crippen molar-refractivity contribution in [3.05, 3.63) is 78.5 Å². The summed E-state index contributed by atoms with van der Waals surface area (Å²) < 4.78 is 16.5. The van der Waals surface area contributed by atoms with E-state index in [9.17, 15) is 4.79 Å². The molecule has 9 nitrogen and oxygen atoms in total. The fourth-order valence-corrected chi connectivity index (χ4v) is 4.09. The third-order valence-corrected chi connectivity index (χ3v) is 5.92. The zero-order valence-electron chi connectivity index (χ0n) is 17.6. The fraction of sp³-hybridized carbons (Fsp3) is 0.174. The number of pyridine rings is 1. The summed E-state index contributed by atoms with van der Waals surface area (Å²) in [6.07, 6.45) is 5.44. The number of thioether (sulfide) groups is 1. The van der Waals surface area contributed by atoms with Crippen molar-refractivity contribution >= 4 is 23.4 Å². The van der Waals surface area contributed by atoms with E-state index in [0.717, 1.165) is 22.6 Å². The maximum atomic E-state index is 13.1. The van der Waals surface area contributed by atoms with Gasteiger partial charge in [0, 0.05) is 24.4 Å². The Morgan fingerprint density at radius 1 is 1.12 bits per heavy atom. The SMILES string of the molecule is COc1ccc(C2=NN(C(=O)CSc3nnc(-c4ccncc4)o3)[C@H](c3ccco3)C2)cc1. The Morgan fingerprint density at radius 3 is 2.67 bits per heavy atom. The molecular formula is C23H19N5O4S. The van der Waals surface area contributed by atoms with Gasteiger partial charge in [-0.05, 0) is 54.1 Å². The molecule has 0 bridgehead atoms. The first-order valence-electron chi connectivity index (χ1n) is 10.2. The molecule has 0 saturated heterocycles. The van der Waals surface area contributed by atoms with E-state index in [4.69, 9.17) is 13.6 Å². The molecule has 33 heavy (non-hydrogen) atoms. The fourth-order valence-electron chi connectivity index (χ4n) is 3.47. The molecule has 4 aromatic rings. The molecule has 10 heteroatoms. The standard InChI is InChI=1S/C23H19N5O4S/c1-30-17-6-4-15(5-7-17)18-13-19(20-3-2-12-31-20)28(27-18)21(29)14-33-23-26-25-22(32-23)16-8-10-24-11-9-16/h2-12,19H,13-14H2,1H3/t19-/m0/s1. The Kier molecular flexibility index (Phi) is 5.90. The highest BCUT2D eigenvalue weighted by Gasteiger charge is 2.35. The summed E-state index contributed by atoms with van der Waals surface area (Å²) in [5.74, 6) is 1.72. The summed E-state index contributed by atoms with van der Waals surface area (Å²) in [7, 11) is 1.62. The molecule has 166 valence electrons. The second-order valence-electron chi connectivity index (χ2n) is 7.15. The number of ether oxygens (including phenoxy) is 1. The van der Waals surface area contributed by atoms with Crippen molar-refractivity contribution in [3.63, 3.8) is 0 Å². The van der Waals surface area contributed by atoms with Crippen molar-refractivity contribution in [1.82, 2.24) is 20.2 Å². The van der Waals surface area contributed by atoms with Gasteiger partial charge >= 0.3 is 0 Å². The molecule has 0 unspecified atom stereocenters. The van der Waals surface area contributed by atoms with Crippen LogP contribution in [0.25, 0.3) is 11.5 Å². The third kappa shape index (κ3) is 4.51. The van der Waals surface area contributed by atoms with Gasteiger partial charge in [0.25, 0.3) is 11.1 Å². The summed E-state index contributed by atoms with van der Waals surface area (Å²) in [4.78, 5) is 17.1.